The lowest BCUT2D eigenvalue weighted by molar-refractivity contribution is -0.143. The Hall–Kier alpha value is -4.21. The van der Waals surface area contributed by atoms with Gasteiger partial charge in [-0.25, -0.2) is 9.69 Å². The van der Waals surface area contributed by atoms with Gasteiger partial charge in [-0.1, -0.05) is 104 Å². The fraction of sp³-hybridized carbons (Fsp3) is 0.528. The van der Waals surface area contributed by atoms with E-state index in [1.54, 1.807) is 64.1 Å². The summed E-state index contributed by atoms with van der Waals surface area (Å²) in [5, 5.41) is 8.11. The number of hydrogen-bond donors (Lipinski definition) is 3. The Kier molecular flexibility index (Phi) is 13.8. The summed E-state index contributed by atoms with van der Waals surface area (Å²) >= 11 is 0. The van der Waals surface area contributed by atoms with Crippen molar-refractivity contribution in [2.75, 3.05) is 11.9 Å². The van der Waals surface area contributed by atoms with E-state index in [2.05, 4.69) is 22.9 Å². The lowest BCUT2D eigenvalue weighted by Crippen LogP contribution is -2.55. The lowest BCUT2D eigenvalue weighted by Gasteiger charge is -2.29. The van der Waals surface area contributed by atoms with E-state index in [0.29, 0.717) is 18.7 Å². The topological polar surface area (TPSA) is 134 Å². The van der Waals surface area contributed by atoms with E-state index in [4.69, 9.17) is 4.74 Å². The first-order valence-corrected chi connectivity index (χ1v) is 16.6. The van der Waals surface area contributed by atoms with Gasteiger partial charge in [0, 0.05) is 17.5 Å². The third-order valence-corrected chi connectivity index (χ3v) is 7.95. The summed E-state index contributed by atoms with van der Waals surface area (Å²) in [4.78, 5) is 67.8. The number of carbonyl (C=O) groups excluding carboxylic acids is 5. The lowest BCUT2D eigenvalue weighted by atomic mass is 9.85. The van der Waals surface area contributed by atoms with Crippen molar-refractivity contribution >= 4 is 35.2 Å². The van der Waals surface area contributed by atoms with Gasteiger partial charge in [-0.3, -0.25) is 19.2 Å². The van der Waals surface area contributed by atoms with Gasteiger partial charge in [0.2, 0.25) is 0 Å². The molecule has 10 nitrogen and oxygen atoms in total. The Morgan fingerprint density at radius 2 is 1.52 bits per heavy atom. The van der Waals surface area contributed by atoms with Crippen LogP contribution < -0.4 is 20.7 Å². The van der Waals surface area contributed by atoms with Crippen LogP contribution in [0, 0.1) is 5.41 Å². The van der Waals surface area contributed by atoms with Crippen LogP contribution in [0.2, 0.25) is 0 Å². The molecule has 0 aromatic heterocycles. The minimum absolute atomic E-state index is 0.114. The first kappa shape index (κ1) is 36.3. The number of ether oxygens (including phenoxy) is 1. The molecule has 2 aromatic carbocycles. The Morgan fingerprint density at radius 3 is 2.13 bits per heavy atom. The number of imide groups is 1. The summed E-state index contributed by atoms with van der Waals surface area (Å²) in [5.74, 6) is -1.73. The fourth-order valence-corrected chi connectivity index (χ4v) is 5.35. The van der Waals surface area contributed by atoms with Gasteiger partial charge in [-0.15, -0.1) is 0 Å². The van der Waals surface area contributed by atoms with Gasteiger partial charge >= 0.3 is 6.03 Å². The van der Waals surface area contributed by atoms with Crippen LogP contribution in [0.5, 0.6) is 11.5 Å². The average Bonchev–Trinajstić information content (AvgIpc) is 3.29. The first-order valence-electron chi connectivity index (χ1n) is 16.6. The monoisotopic (exact) mass is 634 g/mol. The number of Topliss-reactive ketones (excluding diaryl/α,β-unsaturated/α-hetero) is 1. The van der Waals surface area contributed by atoms with Crippen LogP contribution in [-0.2, 0) is 14.4 Å². The van der Waals surface area contributed by atoms with Crippen LogP contribution in [-0.4, -0.2) is 53.1 Å². The average molecular weight is 635 g/mol. The third-order valence-electron chi connectivity index (χ3n) is 7.95. The van der Waals surface area contributed by atoms with Crippen LogP contribution in [0.3, 0.4) is 0 Å². The van der Waals surface area contributed by atoms with Gasteiger partial charge in [0.1, 0.15) is 11.8 Å². The maximum absolute atomic E-state index is 14.0. The minimum atomic E-state index is -1.72. The maximum Gasteiger partial charge on any atom is 0.325 e. The molecule has 0 bridgehead atoms. The van der Waals surface area contributed by atoms with Crippen LogP contribution in [0.4, 0.5) is 10.5 Å². The predicted octanol–water partition coefficient (Wildman–Crippen LogP) is 6.99. The molecule has 46 heavy (non-hydrogen) atoms. The number of rotatable bonds is 18. The van der Waals surface area contributed by atoms with E-state index in [1.807, 2.05) is 6.07 Å². The number of benzene rings is 2. The molecule has 2 aromatic rings. The van der Waals surface area contributed by atoms with Gasteiger partial charge in [0.15, 0.2) is 17.6 Å². The molecule has 250 valence electrons. The van der Waals surface area contributed by atoms with Crippen molar-refractivity contribution in [2.45, 2.75) is 111 Å². The van der Waals surface area contributed by atoms with Gasteiger partial charge in [-0.2, -0.15) is 0 Å². The Labute approximate surface area is 273 Å². The summed E-state index contributed by atoms with van der Waals surface area (Å²) < 4.78 is 6.00. The highest BCUT2D eigenvalue weighted by Crippen LogP contribution is 2.32. The van der Waals surface area contributed by atoms with E-state index in [-0.39, 0.29) is 22.9 Å². The molecular formula is C36H50N4O6. The van der Waals surface area contributed by atoms with Gasteiger partial charge < -0.3 is 20.7 Å². The highest BCUT2D eigenvalue weighted by Gasteiger charge is 2.49. The van der Waals surface area contributed by atoms with Crippen molar-refractivity contribution in [3.63, 3.8) is 0 Å². The SMILES string of the molecule is CCCCCCCCCCCC1NC(=O)N(C(C(=O)Nc2cc(C(=O)NCC)ccc2Oc2ccccc2)C(=O)C(C)(C)C)C1=O. The highest BCUT2D eigenvalue weighted by molar-refractivity contribution is 6.19. The summed E-state index contributed by atoms with van der Waals surface area (Å²) in [7, 11) is 0. The van der Waals surface area contributed by atoms with E-state index >= 15 is 0 Å². The van der Waals surface area contributed by atoms with Crippen LogP contribution in [0.15, 0.2) is 48.5 Å². The molecule has 0 saturated carbocycles. The standard InChI is InChI=1S/C36H50N4O6/c1-6-8-9-10-11-12-13-14-18-21-27-34(44)40(35(45)39-27)30(31(41)36(3,4)5)33(43)38-28-24-25(32(42)37-7-2)22-23-29(28)46-26-19-16-15-17-20-26/h15-17,19-20,22-24,27,30H,6-14,18,21H2,1-5H3,(H,37,42)(H,38,43)(H,39,45). The van der Waals surface area contributed by atoms with E-state index in [9.17, 15) is 24.0 Å². The number of carbonyl (C=O) groups is 5. The number of amides is 5. The molecule has 3 rings (SSSR count). The largest absolute Gasteiger partial charge is 0.455 e. The molecule has 1 fully saturated rings. The minimum Gasteiger partial charge on any atom is -0.455 e. The highest BCUT2D eigenvalue weighted by atomic mass is 16.5. The number of ketones is 1. The number of nitrogens with one attached hydrogen (secondary N) is 3. The zero-order chi connectivity index (χ0) is 33.7. The fourth-order valence-electron chi connectivity index (χ4n) is 5.35. The number of hydrogen-bond acceptors (Lipinski definition) is 6. The number of nitrogens with zero attached hydrogens (tertiary/aromatic N) is 1. The molecular weight excluding hydrogens is 584 g/mol. The van der Waals surface area contributed by atoms with Crippen LogP contribution in [0.25, 0.3) is 0 Å². The smallest absolute Gasteiger partial charge is 0.325 e. The van der Waals surface area contributed by atoms with Crippen molar-refractivity contribution in [1.29, 1.82) is 0 Å². The maximum atomic E-state index is 14.0. The summed E-state index contributed by atoms with van der Waals surface area (Å²) in [6.45, 7) is 9.28. The Bertz CT molecular complexity index is 1350. The quantitative estimate of drug-likeness (QED) is 0.0919. The molecule has 1 heterocycles. The Morgan fingerprint density at radius 1 is 0.891 bits per heavy atom. The second-order valence-electron chi connectivity index (χ2n) is 12.8. The van der Waals surface area contributed by atoms with Gasteiger partial charge in [0.25, 0.3) is 17.7 Å². The molecule has 1 aliphatic heterocycles. The summed E-state index contributed by atoms with van der Waals surface area (Å²) in [6.07, 6.45) is 10.5. The molecule has 1 saturated heterocycles. The molecule has 10 heteroatoms. The van der Waals surface area contributed by atoms with Gasteiger partial charge in [-0.05, 0) is 43.7 Å². The normalized spacial score (nSPS) is 15.3. The molecule has 2 unspecified atom stereocenters. The molecule has 0 aliphatic carbocycles. The number of urea groups is 1. The molecule has 2 atom stereocenters. The molecule has 0 radical (unpaired) electrons. The van der Waals surface area contributed by atoms with Crippen molar-refractivity contribution in [2.24, 2.45) is 5.41 Å². The Balaban J connectivity index is 1.80. The van der Waals surface area contributed by atoms with Crippen molar-refractivity contribution in [3.8, 4) is 11.5 Å². The number of para-hydroxylation sites is 1. The van der Waals surface area contributed by atoms with Crippen molar-refractivity contribution in [3.05, 3.63) is 54.1 Å². The van der Waals surface area contributed by atoms with E-state index in [0.717, 1.165) is 30.6 Å². The van der Waals surface area contributed by atoms with Gasteiger partial charge in [0.05, 0.1) is 5.69 Å². The van der Waals surface area contributed by atoms with Crippen LogP contribution >= 0.6 is 0 Å². The zero-order valence-corrected chi connectivity index (χ0v) is 27.9. The van der Waals surface area contributed by atoms with Crippen LogP contribution in [0.1, 0.15) is 109 Å². The summed E-state index contributed by atoms with van der Waals surface area (Å²) in [5.41, 5.74) is -0.681. The van der Waals surface area contributed by atoms with E-state index < -0.39 is 41.1 Å². The number of anilines is 1. The molecule has 1 aliphatic rings. The zero-order valence-electron chi connectivity index (χ0n) is 27.9. The summed E-state index contributed by atoms with van der Waals surface area (Å²) in [6, 6.07) is 10.1. The first-order chi connectivity index (χ1) is 22.0. The third kappa shape index (κ3) is 10.2. The van der Waals surface area contributed by atoms with E-state index in [1.165, 1.54) is 38.2 Å². The van der Waals surface area contributed by atoms with Crippen molar-refractivity contribution in [1.82, 2.24) is 15.5 Å². The van der Waals surface area contributed by atoms with Crippen molar-refractivity contribution < 1.29 is 28.7 Å². The molecule has 5 amide bonds. The second-order valence-corrected chi connectivity index (χ2v) is 12.8. The number of unbranched alkanes of at least 4 members (excludes halogenated alkanes) is 8. The second kappa shape index (κ2) is 17.5. The molecule has 0 spiro atoms. The molecule has 3 N–H and O–H groups in total. The predicted molar refractivity (Wildman–Crippen MR) is 179 cm³/mol.